The van der Waals surface area contributed by atoms with E-state index in [1.165, 1.54) is 11.1 Å². The van der Waals surface area contributed by atoms with E-state index in [0.717, 1.165) is 30.0 Å². The van der Waals surface area contributed by atoms with E-state index in [4.69, 9.17) is 0 Å². The lowest BCUT2D eigenvalue weighted by Crippen LogP contribution is -2.27. The quantitative estimate of drug-likeness (QED) is 0.830. The van der Waals surface area contributed by atoms with Crippen molar-refractivity contribution in [1.29, 1.82) is 0 Å². The first-order chi connectivity index (χ1) is 10.8. The van der Waals surface area contributed by atoms with Crippen LogP contribution >= 0.6 is 11.8 Å². The maximum Gasteiger partial charge on any atom is 0.221 e. The van der Waals surface area contributed by atoms with Crippen LogP contribution in [0.3, 0.4) is 0 Å². The molecule has 1 aliphatic rings. The number of thioether (sulfide) groups is 1. The number of amides is 1. The maximum atomic E-state index is 12.1. The van der Waals surface area contributed by atoms with Gasteiger partial charge in [0.1, 0.15) is 0 Å². The molecule has 0 unspecified atom stereocenters. The van der Waals surface area contributed by atoms with Crippen molar-refractivity contribution in [1.82, 2.24) is 10.3 Å². The number of hydrogen-bond acceptors (Lipinski definition) is 3. The number of fused-ring (bicyclic) bond motifs is 1. The fourth-order valence-corrected chi connectivity index (χ4v) is 3.65. The van der Waals surface area contributed by atoms with Crippen LogP contribution in [-0.4, -0.2) is 16.6 Å². The largest absolute Gasteiger partial charge is 0.349 e. The molecule has 1 aromatic heterocycles. The lowest BCUT2D eigenvalue weighted by atomic mass is 10.1. The van der Waals surface area contributed by atoms with Gasteiger partial charge in [-0.05, 0) is 36.1 Å². The molecular weight excluding hydrogens is 292 g/mol. The third kappa shape index (κ3) is 3.89. The second-order valence-electron chi connectivity index (χ2n) is 5.48. The van der Waals surface area contributed by atoms with Crippen LogP contribution in [0.25, 0.3) is 0 Å². The van der Waals surface area contributed by atoms with Crippen molar-refractivity contribution in [2.75, 3.05) is 5.75 Å². The number of benzene rings is 1. The molecule has 1 amide bonds. The fourth-order valence-electron chi connectivity index (χ4n) is 2.80. The van der Waals surface area contributed by atoms with Crippen LogP contribution in [0.1, 0.15) is 35.7 Å². The van der Waals surface area contributed by atoms with Crippen molar-refractivity contribution < 1.29 is 4.79 Å². The van der Waals surface area contributed by atoms with Gasteiger partial charge in [0.15, 0.2) is 0 Å². The Labute approximate surface area is 135 Å². The van der Waals surface area contributed by atoms with Crippen LogP contribution in [-0.2, 0) is 17.0 Å². The van der Waals surface area contributed by atoms with Gasteiger partial charge in [0, 0.05) is 24.1 Å². The summed E-state index contributed by atoms with van der Waals surface area (Å²) < 4.78 is 0. The Bertz CT molecular complexity index is 630. The van der Waals surface area contributed by atoms with E-state index in [0.29, 0.717) is 6.42 Å². The summed E-state index contributed by atoms with van der Waals surface area (Å²) in [4.78, 5) is 16.4. The number of aryl methyl sites for hydroxylation is 1. The summed E-state index contributed by atoms with van der Waals surface area (Å²) >= 11 is 1.75. The molecule has 22 heavy (non-hydrogen) atoms. The second kappa shape index (κ2) is 7.45. The van der Waals surface area contributed by atoms with Crippen LogP contribution in [0, 0.1) is 0 Å². The summed E-state index contributed by atoms with van der Waals surface area (Å²) in [5, 5.41) is 3.17. The molecule has 0 bridgehead atoms. The zero-order chi connectivity index (χ0) is 15.2. The van der Waals surface area contributed by atoms with Crippen molar-refractivity contribution in [2.45, 2.75) is 31.1 Å². The summed E-state index contributed by atoms with van der Waals surface area (Å²) in [6.07, 6.45) is 4.46. The van der Waals surface area contributed by atoms with Crippen LogP contribution in [0.2, 0.25) is 0 Å². The minimum absolute atomic E-state index is 0.148. The summed E-state index contributed by atoms with van der Waals surface area (Å²) in [6, 6.07) is 14.5. The highest BCUT2D eigenvalue weighted by Crippen LogP contribution is 2.30. The minimum atomic E-state index is 0.148. The Morgan fingerprint density at radius 3 is 2.95 bits per heavy atom. The average Bonchev–Trinajstić information content (AvgIpc) is 2.96. The third-order valence-electron chi connectivity index (χ3n) is 3.92. The number of aromatic nitrogens is 1. The van der Waals surface area contributed by atoms with Crippen molar-refractivity contribution in [3.8, 4) is 0 Å². The van der Waals surface area contributed by atoms with Gasteiger partial charge in [0.05, 0.1) is 11.7 Å². The maximum absolute atomic E-state index is 12.1. The molecule has 0 saturated carbocycles. The number of carbonyl (C=O) groups excluding carboxylic acids is 1. The number of hydrogen-bond donors (Lipinski definition) is 1. The summed E-state index contributed by atoms with van der Waals surface area (Å²) in [7, 11) is 0. The summed E-state index contributed by atoms with van der Waals surface area (Å²) in [5.74, 6) is 1.84. The van der Waals surface area contributed by atoms with Crippen molar-refractivity contribution >= 4 is 17.7 Å². The number of rotatable bonds is 6. The Morgan fingerprint density at radius 2 is 2.09 bits per heavy atom. The third-order valence-corrected chi connectivity index (χ3v) is 4.91. The van der Waals surface area contributed by atoms with Crippen LogP contribution < -0.4 is 5.32 Å². The zero-order valence-electron chi connectivity index (χ0n) is 12.5. The van der Waals surface area contributed by atoms with Gasteiger partial charge < -0.3 is 5.32 Å². The molecule has 1 aromatic carbocycles. The first-order valence-corrected chi connectivity index (χ1v) is 8.83. The molecule has 0 spiro atoms. The van der Waals surface area contributed by atoms with Gasteiger partial charge in [-0.3, -0.25) is 9.78 Å². The Morgan fingerprint density at radius 1 is 1.23 bits per heavy atom. The fraction of sp³-hybridized carbons (Fsp3) is 0.333. The number of carbonyl (C=O) groups is 1. The number of nitrogens with one attached hydrogen (secondary N) is 1. The van der Waals surface area contributed by atoms with Gasteiger partial charge >= 0.3 is 0 Å². The summed E-state index contributed by atoms with van der Waals surface area (Å²) in [6.45, 7) is 0. The molecule has 0 saturated heterocycles. The van der Waals surface area contributed by atoms with Gasteiger partial charge in [-0.2, -0.15) is 11.8 Å². The van der Waals surface area contributed by atoms with E-state index in [2.05, 4.69) is 28.5 Å². The van der Waals surface area contributed by atoms with E-state index >= 15 is 0 Å². The SMILES string of the molecule is O=C(CCSCc1ccccn1)N[C@@H]1CCc2ccccc21. The monoisotopic (exact) mass is 312 g/mol. The van der Waals surface area contributed by atoms with E-state index in [1.54, 1.807) is 18.0 Å². The smallest absolute Gasteiger partial charge is 0.221 e. The lowest BCUT2D eigenvalue weighted by molar-refractivity contribution is -0.121. The highest BCUT2D eigenvalue weighted by molar-refractivity contribution is 7.98. The summed E-state index contributed by atoms with van der Waals surface area (Å²) in [5.41, 5.74) is 3.73. The Balaban J connectivity index is 1.40. The molecule has 0 aliphatic heterocycles. The van der Waals surface area contributed by atoms with E-state index in [9.17, 15) is 4.79 Å². The molecule has 4 heteroatoms. The van der Waals surface area contributed by atoms with Gasteiger partial charge in [-0.15, -0.1) is 0 Å². The molecule has 1 aliphatic carbocycles. The standard InChI is InChI=1S/C18H20N2OS/c21-18(10-12-22-13-15-6-3-4-11-19-15)20-17-9-8-14-5-1-2-7-16(14)17/h1-7,11,17H,8-10,12-13H2,(H,20,21)/t17-/m1/s1. The van der Waals surface area contributed by atoms with Crippen LogP contribution in [0.15, 0.2) is 48.7 Å². The highest BCUT2D eigenvalue weighted by Gasteiger charge is 2.22. The molecular formula is C18H20N2OS. The molecule has 1 atom stereocenters. The van der Waals surface area contributed by atoms with Gasteiger partial charge in [-0.1, -0.05) is 30.3 Å². The lowest BCUT2D eigenvalue weighted by Gasteiger charge is -2.14. The van der Waals surface area contributed by atoms with E-state index in [-0.39, 0.29) is 11.9 Å². The Hall–Kier alpha value is -1.81. The van der Waals surface area contributed by atoms with Gasteiger partial charge in [-0.25, -0.2) is 0 Å². The first kappa shape index (κ1) is 15.1. The average molecular weight is 312 g/mol. The molecule has 3 rings (SSSR count). The molecule has 3 nitrogen and oxygen atoms in total. The molecule has 114 valence electrons. The van der Waals surface area contributed by atoms with E-state index in [1.807, 2.05) is 24.3 Å². The van der Waals surface area contributed by atoms with Gasteiger partial charge in [0.2, 0.25) is 5.91 Å². The molecule has 1 N–H and O–H groups in total. The second-order valence-corrected chi connectivity index (χ2v) is 6.59. The van der Waals surface area contributed by atoms with Crippen LogP contribution in [0.5, 0.6) is 0 Å². The van der Waals surface area contributed by atoms with Crippen molar-refractivity contribution in [3.63, 3.8) is 0 Å². The van der Waals surface area contributed by atoms with Gasteiger partial charge in [0.25, 0.3) is 0 Å². The Kier molecular flexibility index (Phi) is 5.11. The van der Waals surface area contributed by atoms with Crippen molar-refractivity contribution in [3.05, 3.63) is 65.5 Å². The predicted molar refractivity (Wildman–Crippen MR) is 90.7 cm³/mol. The van der Waals surface area contributed by atoms with E-state index < -0.39 is 0 Å². The topological polar surface area (TPSA) is 42.0 Å². The first-order valence-electron chi connectivity index (χ1n) is 7.68. The molecule has 0 fully saturated rings. The highest BCUT2D eigenvalue weighted by atomic mass is 32.2. The van der Waals surface area contributed by atoms with Crippen LogP contribution in [0.4, 0.5) is 0 Å². The number of nitrogens with zero attached hydrogens (tertiary/aromatic N) is 1. The molecule has 2 aromatic rings. The predicted octanol–water partition coefficient (Wildman–Crippen LogP) is 3.51. The minimum Gasteiger partial charge on any atom is -0.349 e. The normalized spacial score (nSPS) is 16.3. The molecule has 1 heterocycles. The molecule has 0 radical (unpaired) electrons. The zero-order valence-corrected chi connectivity index (χ0v) is 13.3. The number of pyridine rings is 1. The van der Waals surface area contributed by atoms with Crippen molar-refractivity contribution in [2.24, 2.45) is 0 Å².